The number of amides is 1. The van der Waals surface area contributed by atoms with Gasteiger partial charge in [0.25, 0.3) is 0 Å². The van der Waals surface area contributed by atoms with E-state index in [0.29, 0.717) is 17.7 Å². The first-order chi connectivity index (χ1) is 10.2. The molecule has 0 aromatic carbocycles. The largest absolute Gasteiger partial charge is 0.356 e. The fourth-order valence-electron chi connectivity index (χ4n) is 6.29. The molecule has 118 valence electrons. The number of alkyl halides is 1. The van der Waals surface area contributed by atoms with Gasteiger partial charge in [-0.2, -0.15) is 0 Å². The van der Waals surface area contributed by atoms with Crippen molar-refractivity contribution >= 4 is 21.8 Å². The van der Waals surface area contributed by atoms with Crippen LogP contribution in [0.15, 0.2) is 0 Å². The predicted octanol–water partition coefficient (Wildman–Crippen LogP) is 3.99. The molecular weight excluding hydrogens is 326 g/mol. The maximum atomic E-state index is 12.8. The van der Waals surface area contributed by atoms with Crippen LogP contribution in [0.5, 0.6) is 0 Å². The summed E-state index contributed by atoms with van der Waals surface area (Å²) in [6.45, 7) is 0.928. The zero-order chi connectivity index (χ0) is 14.4. The molecule has 0 spiro atoms. The first kappa shape index (κ1) is 14.5. The molecule has 2 nitrogen and oxygen atoms in total. The Morgan fingerprint density at radius 2 is 1.57 bits per heavy atom. The molecule has 5 fully saturated rings. The van der Waals surface area contributed by atoms with Gasteiger partial charge in [-0.25, -0.2) is 0 Å². The van der Waals surface area contributed by atoms with Crippen LogP contribution in [-0.2, 0) is 4.79 Å². The van der Waals surface area contributed by atoms with Crippen molar-refractivity contribution < 1.29 is 4.79 Å². The van der Waals surface area contributed by atoms with Crippen LogP contribution >= 0.6 is 15.9 Å². The van der Waals surface area contributed by atoms with E-state index in [9.17, 15) is 4.79 Å². The number of hydrogen-bond donors (Lipinski definition) is 1. The molecule has 0 radical (unpaired) electrons. The summed E-state index contributed by atoms with van der Waals surface area (Å²) in [5, 5.41) is 4.46. The molecule has 0 saturated heterocycles. The number of carbonyl (C=O) groups is 1. The molecule has 0 aromatic rings. The molecule has 3 heteroatoms. The number of halogens is 1. The minimum Gasteiger partial charge on any atom is -0.356 e. The second kappa shape index (κ2) is 5.86. The summed E-state index contributed by atoms with van der Waals surface area (Å²) in [6.07, 6.45) is 10.8. The standard InChI is InChI=1S/C18H28BrNO/c19-9-13-2-1-3-14(13)10-20-18(21)17-15-5-11-4-12(7-15)8-16(17)6-11/h11-17H,1-10H2,(H,20,21). The zero-order valence-corrected chi connectivity index (χ0v) is 14.5. The van der Waals surface area contributed by atoms with Crippen molar-refractivity contribution in [1.29, 1.82) is 0 Å². The van der Waals surface area contributed by atoms with Gasteiger partial charge in [0.05, 0.1) is 0 Å². The van der Waals surface area contributed by atoms with Crippen molar-refractivity contribution in [3.05, 3.63) is 0 Å². The maximum absolute atomic E-state index is 12.8. The van der Waals surface area contributed by atoms with E-state index in [4.69, 9.17) is 0 Å². The van der Waals surface area contributed by atoms with Crippen LogP contribution in [0.1, 0.15) is 51.4 Å². The molecule has 0 heterocycles. The minimum absolute atomic E-state index is 0.363. The third kappa shape index (κ3) is 2.68. The Labute approximate surface area is 136 Å². The Balaban J connectivity index is 1.35. The molecule has 5 rings (SSSR count). The molecule has 5 aliphatic carbocycles. The maximum Gasteiger partial charge on any atom is 0.223 e. The van der Waals surface area contributed by atoms with Crippen molar-refractivity contribution in [1.82, 2.24) is 5.32 Å². The van der Waals surface area contributed by atoms with Gasteiger partial charge in [0, 0.05) is 17.8 Å². The number of hydrogen-bond acceptors (Lipinski definition) is 1. The van der Waals surface area contributed by atoms with Crippen molar-refractivity contribution in [2.45, 2.75) is 51.4 Å². The average molecular weight is 354 g/mol. The molecule has 21 heavy (non-hydrogen) atoms. The molecule has 5 aliphatic rings. The van der Waals surface area contributed by atoms with Crippen molar-refractivity contribution in [3.8, 4) is 0 Å². The normalized spacial score (nSPS) is 47.8. The molecule has 0 aliphatic heterocycles. The summed E-state index contributed by atoms with van der Waals surface area (Å²) in [4.78, 5) is 12.8. The van der Waals surface area contributed by atoms with E-state index in [1.807, 2.05) is 0 Å². The average Bonchev–Trinajstić information content (AvgIpc) is 2.91. The Bertz CT molecular complexity index is 382. The van der Waals surface area contributed by atoms with Crippen molar-refractivity contribution in [3.63, 3.8) is 0 Å². The summed E-state index contributed by atoms with van der Waals surface area (Å²) in [7, 11) is 0. The molecule has 1 N–H and O–H groups in total. The van der Waals surface area contributed by atoms with Gasteiger partial charge in [-0.1, -0.05) is 22.4 Å². The van der Waals surface area contributed by atoms with Crippen molar-refractivity contribution in [2.75, 3.05) is 11.9 Å². The SMILES string of the molecule is O=C(NCC1CCCC1CBr)C1C2CC3CC(C2)CC1C3. The van der Waals surface area contributed by atoms with Crippen LogP contribution in [0.3, 0.4) is 0 Å². The molecule has 5 saturated carbocycles. The third-order valence-corrected chi connectivity index (χ3v) is 7.91. The highest BCUT2D eigenvalue weighted by Gasteiger charge is 2.50. The summed E-state index contributed by atoms with van der Waals surface area (Å²) in [6, 6.07) is 0. The van der Waals surface area contributed by atoms with Gasteiger partial charge < -0.3 is 5.32 Å². The van der Waals surface area contributed by atoms with E-state index in [2.05, 4.69) is 21.2 Å². The molecule has 0 aromatic heterocycles. The van der Waals surface area contributed by atoms with Gasteiger partial charge in [-0.05, 0) is 80.5 Å². The Morgan fingerprint density at radius 1 is 0.952 bits per heavy atom. The van der Waals surface area contributed by atoms with Crippen LogP contribution < -0.4 is 5.32 Å². The Hall–Kier alpha value is -0.0500. The van der Waals surface area contributed by atoms with E-state index < -0.39 is 0 Å². The smallest absolute Gasteiger partial charge is 0.223 e. The summed E-state index contributed by atoms with van der Waals surface area (Å²) >= 11 is 3.64. The third-order valence-electron chi connectivity index (χ3n) is 7.08. The monoisotopic (exact) mass is 353 g/mol. The lowest BCUT2D eigenvalue weighted by Gasteiger charge is -2.53. The number of rotatable bonds is 4. The molecular formula is C18H28BrNO. The highest BCUT2D eigenvalue weighted by molar-refractivity contribution is 9.09. The van der Waals surface area contributed by atoms with Gasteiger partial charge in [0.15, 0.2) is 0 Å². The molecule has 1 amide bonds. The fourth-order valence-corrected chi connectivity index (χ4v) is 7.14. The molecule has 4 bridgehead atoms. The van der Waals surface area contributed by atoms with Crippen molar-refractivity contribution in [2.24, 2.45) is 41.4 Å². The van der Waals surface area contributed by atoms with Gasteiger partial charge in [0.2, 0.25) is 5.91 Å². The van der Waals surface area contributed by atoms with Gasteiger partial charge in [-0.15, -0.1) is 0 Å². The first-order valence-corrected chi connectivity index (χ1v) is 10.2. The minimum atomic E-state index is 0.363. The lowest BCUT2D eigenvalue weighted by atomic mass is 9.51. The van der Waals surface area contributed by atoms with Crippen LogP contribution in [0.2, 0.25) is 0 Å². The number of nitrogens with one attached hydrogen (secondary N) is 1. The zero-order valence-electron chi connectivity index (χ0n) is 12.9. The van der Waals surface area contributed by atoms with Crippen LogP contribution in [0.25, 0.3) is 0 Å². The van der Waals surface area contributed by atoms with Gasteiger partial charge >= 0.3 is 0 Å². The Morgan fingerprint density at radius 3 is 2.19 bits per heavy atom. The highest BCUT2D eigenvalue weighted by atomic mass is 79.9. The Kier molecular flexibility index (Phi) is 4.06. The first-order valence-electron chi connectivity index (χ1n) is 9.08. The van der Waals surface area contributed by atoms with Gasteiger partial charge in [0.1, 0.15) is 0 Å². The van der Waals surface area contributed by atoms with Crippen LogP contribution in [0, 0.1) is 41.4 Å². The summed E-state index contributed by atoms with van der Waals surface area (Å²) in [5.74, 6) is 5.63. The topological polar surface area (TPSA) is 29.1 Å². The summed E-state index contributed by atoms with van der Waals surface area (Å²) in [5.41, 5.74) is 0. The second-order valence-corrected chi connectivity index (χ2v) is 8.95. The van der Waals surface area contributed by atoms with E-state index in [-0.39, 0.29) is 0 Å². The van der Waals surface area contributed by atoms with Crippen LogP contribution in [-0.4, -0.2) is 17.8 Å². The van der Waals surface area contributed by atoms with E-state index in [0.717, 1.165) is 41.5 Å². The second-order valence-electron chi connectivity index (χ2n) is 8.31. The van der Waals surface area contributed by atoms with E-state index in [1.54, 1.807) is 0 Å². The predicted molar refractivity (Wildman–Crippen MR) is 88.2 cm³/mol. The molecule has 2 unspecified atom stereocenters. The summed E-state index contributed by atoms with van der Waals surface area (Å²) < 4.78 is 0. The highest BCUT2D eigenvalue weighted by Crippen LogP contribution is 2.56. The quantitative estimate of drug-likeness (QED) is 0.760. The van der Waals surface area contributed by atoms with Crippen LogP contribution in [0.4, 0.5) is 0 Å². The number of carbonyl (C=O) groups excluding carboxylic acids is 1. The molecule has 2 atom stereocenters. The van der Waals surface area contributed by atoms with E-state index in [1.165, 1.54) is 51.4 Å². The lowest BCUT2D eigenvalue weighted by molar-refractivity contribution is -0.138. The fraction of sp³-hybridized carbons (Fsp3) is 0.944. The lowest BCUT2D eigenvalue weighted by Crippen LogP contribution is -2.51. The van der Waals surface area contributed by atoms with E-state index >= 15 is 0 Å². The van der Waals surface area contributed by atoms with Gasteiger partial charge in [-0.3, -0.25) is 4.79 Å².